The topological polar surface area (TPSA) is 68.2 Å². The largest absolute Gasteiger partial charge is 0.338 e. The van der Waals surface area contributed by atoms with Crippen LogP contribution in [0.25, 0.3) is 0 Å². The van der Waals surface area contributed by atoms with Crippen molar-refractivity contribution in [3.8, 4) is 0 Å². The van der Waals surface area contributed by atoms with E-state index in [0.717, 1.165) is 37.9 Å². The predicted octanol–water partition coefficient (Wildman–Crippen LogP) is 1.54. The molecule has 2 heterocycles. The molecule has 0 spiro atoms. The van der Waals surface area contributed by atoms with Gasteiger partial charge in [0.05, 0.1) is 6.54 Å². The first-order valence-electron chi connectivity index (χ1n) is 6.60. The average molecular weight is 273 g/mol. The molecule has 0 bridgehead atoms. The second-order valence-corrected chi connectivity index (χ2v) is 5.28. The number of rotatable bonds is 4. The standard InChI is InChI=1S/C12H20N4O.ClH/c13-7-9-3-5-16(6-4-9)8-11-14-12(15-17-11)10-1-2-10;/h9-10H,1-8,13H2;1H. The van der Waals surface area contributed by atoms with Gasteiger partial charge in [0.1, 0.15) is 0 Å². The smallest absolute Gasteiger partial charge is 0.240 e. The van der Waals surface area contributed by atoms with Crippen LogP contribution < -0.4 is 5.73 Å². The summed E-state index contributed by atoms with van der Waals surface area (Å²) in [6, 6.07) is 0. The molecular formula is C12H21ClN4O. The SMILES string of the molecule is Cl.NCC1CCN(Cc2nc(C3CC3)no2)CC1. The summed E-state index contributed by atoms with van der Waals surface area (Å²) in [5, 5.41) is 4.04. The van der Waals surface area contributed by atoms with Crippen molar-refractivity contribution in [1.82, 2.24) is 15.0 Å². The lowest BCUT2D eigenvalue weighted by atomic mass is 9.97. The van der Waals surface area contributed by atoms with Crippen molar-refractivity contribution < 1.29 is 4.52 Å². The summed E-state index contributed by atoms with van der Waals surface area (Å²) >= 11 is 0. The Balaban J connectivity index is 0.00000120. The molecule has 1 saturated heterocycles. The molecule has 2 N–H and O–H groups in total. The Morgan fingerprint density at radius 1 is 1.22 bits per heavy atom. The lowest BCUT2D eigenvalue weighted by molar-refractivity contribution is 0.161. The van der Waals surface area contributed by atoms with Crippen molar-refractivity contribution in [1.29, 1.82) is 0 Å². The molecule has 0 radical (unpaired) electrons. The van der Waals surface area contributed by atoms with Crippen molar-refractivity contribution in [2.24, 2.45) is 11.7 Å². The fraction of sp³-hybridized carbons (Fsp3) is 0.833. The molecule has 5 nitrogen and oxygen atoms in total. The third-order valence-corrected chi connectivity index (χ3v) is 3.83. The highest BCUT2D eigenvalue weighted by atomic mass is 35.5. The molecule has 1 aromatic rings. The van der Waals surface area contributed by atoms with Crippen molar-refractivity contribution in [2.75, 3.05) is 19.6 Å². The van der Waals surface area contributed by atoms with E-state index in [1.165, 1.54) is 25.7 Å². The zero-order valence-electron chi connectivity index (χ0n) is 10.5. The van der Waals surface area contributed by atoms with Crippen LogP contribution in [0.3, 0.4) is 0 Å². The summed E-state index contributed by atoms with van der Waals surface area (Å²) in [5.74, 6) is 2.97. The van der Waals surface area contributed by atoms with Crippen molar-refractivity contribution in [3.63, 3.8) is 0 Å². The molecule has 2 aliphatic rings. The number of hydrogen-bond acceptors (Lipinski definition) is 5. The van der Waals surface area contributed by atoms with Crippen LogP contribution in [0.4, 0.5) is 0 Å². The van der Waals surface area contributed by atoms with E-state index in [0.29, 0.717) is 11.8 Å². The molecule has 3 rings (SSSR count). The number of aromatic nitrogens is 2. The summed E-state index contributed by atoms with van der Waals surface area (Å²) in [7, 11) is 0. The molecule has 0 unspecified atom stereocenters. The van der Waals surface area contributed by atoms with Gasteiger partial charge in [-0.2, -0.15) is 4.98 Å². The van der Waals surface area contributed by atoms with Crippen LogP contribution in [0.1, 0.15) is 43.3 Å². The van der Waals surface area contributed by atoms with E-state index in [1.807, 2.05) is 0 Å². The van der Waals surface area contributed by atoms with Gasteiger partial charge in [-0.15, -0.1) is 12.4 Å². The fourth-order valence-corrected chi connectivity index (χ4v) is 2.41. The van der Waals surface area contributed by atoms with Crippen LogP contribution in [0, 0.1) is 5.92 Å². The van der Waals surface area contributed by atoms with E-state index in [2.05, 4.69) is 15.0 Å². The molecule has 18 heavy (non-hydrogen) atoms. The molecule has 102 valence electrons. The predicted molar refractivity (Wildman–Crippen MR) is 70.6 cm³/mol. The number of nitrogens with two attached hydrogens (primary N) is 1. The van der Waals surface area contributed by atoms with Gasteiger partial charge >= 0.3 is 0 Å². The first kappa shape index (κ1) is 13.8. The zero-order valence-corrected chi connectivity index (χ0v) is 11.4. The Bertz CT molecular complexity index is 372. The van der Waals surface area contributed by atoms with E-state index < -0.39 is 0 Å². The second kappa shape index (κ2) is 5.99. The van der Waals surface area contributed by atoms with Crippen LogP contribution in [0.15, 0.2) is 4.52 Å². The van der Waals surface area contributed by atoms with E-state index in [9.17, 15) is 0 Å². The van der Waals surface area contributed by atoms with E-state index in [4.69, 9.17) is 10.3 Å². The van der Waals surface area contributed by atoms with Gasteiger partial charge in [0.2, 0.25) is 5.89 Å². The summed E-state index contributed by atoms with van der Waals surface area (Å²) in [6.07, 6.45) is 4.84. The van der Waals surface area contributed by atoms with Crippen molar-refractivity contribution in [3.05, 3.63) is 11.7 Å². The molecular weight excluding hydrogens is 252 g/mol. The summed E-state index contributed by atoms with van der Waals surface area (Å²) < 4.78 is 5.29. The van der Waals surface area contributed by atoms with Crippen molar-refractivity contribution >= 4 is 12.4 Å². The molecule has 2 fully saturated rings. The lowest BCUT2D eigenvalue weighted by Crippen LogP contribution is -2.35. The lowest BCUT2D eigenvalue weighted by Gasteiger charge is -2.30. The first-order chi connectivity index (χ1) is 8.35. The van der Waals surface area contributed by atoms with Gasteiger partial charge in [0.25, 0.3) is 0 Å². The summed E-state index contributed by atoms with van der Waals surface area (Å²) in [6.45, 7) is 3.82. The van der Waals surface area contributed by atoms with Crippen LogP contribution >= 0.6 is 12.4 Å². The van der Waals surface area contributed by atoms with Gasteiger partial charge in [-0.25, -0.2) is 0 Å². The maximum Gasteiger partial charge on any atom is 0.240 e. The van der Waals surface area contributed by atoms with Crippen LogP contribution in [0.5, 0.6) is 0 Å². The molecule has 1 aromatic heterocycles. The third-order valence-electron chi connectivity index (χ3n) is 3.83. The highest BCUT2D eigenvalue weighted by molar-refractivity contribution is 5.85. The molecule has 1 aliphatic heterocycles. The second-order valence-electron chi connectivity index (χ2n) is 5.28. The van der Waals surface area contributed by atoms with Gasteiger partial charge in [0.15, 0.2) is 5.82 Å². The summed E-state index contributed by atoms with van der Waals surface area (Å²) in [5.41, 5.74) is 5.69. The Morgan fingerprint density at radius 3 is 2.56 bits per heavy atom. The number of nitrogens with zero attached hydrogens (tertiary/aromatic N) is 3. The Morgan fingerprint density at radius 2 is 1.94 bits per heavy atom. The van der Waals surface area contributed by atoms with E-state index in [1.54, 1.807) is 0 Å². The minimum atomic E-state index is 0. The number of hydrogen-bond donors (Lipinski definition) is 1. The van der Waals surface area contributed by atoms with Crippen LogP contribution in [0.2, 0.25) is 0 Å². The maximum atomic E-state index is 5.69. The first-order valence-corrected chi connectivity index (χ1v) is 6.60. The number of piperidine rings is 1. The maximum absolute atomic E-state index is 5.69. The van der Waals surface area contributed by atoms with Gasteiger partial charge < -0.3 is 10.3 Å². The number of likely N-dealkylation sites (tertiary alicyclic amines) is 1. The van der Waals surface area contributed by atoms with Gasteiger partial charge in [-0.3, -0.25) is 4.90 Å². The van der Waals surface area contributed by atoms with Gasteiger partial charge in [0, 0.05) is 5.92 Å². The van der Waals surface area contributed by atoms with Crippen LogP contribution in [-0.2, 0) is 6.54 Å². The molecule has 0 aromatic carbocycles. The Labute approximate surface area is 114 Å². The Hall–Kier alpha value is -0.650. The number of halogens is 1. The Kier molecular flexibility index (Phi) is 4.59. The monoisotopic (exact) mass is 272 g/mol. The molecule has 0 amide bonds. The van der Waals surface area contributed by atoms with E-state index in [-0.39, 0.29) is 12.4 Å². The fourth-order valence-electron chi connectivity index (χ4n) is 2.41. The minimum Gasteiger partial charge on any atom is -0.338 e. The van der Waals surface area contributed by atoms with Crippen molar-refractivity contribution in [2.45, 2.75) is 38.1 Å². The minimum absolute atomic E-state index is 0. The van der Waals surface area contributed by atoms with Gasteiger partial charge in [-0.1, -0.05) is 5.16 Å². The summed E-state index contributed by atoms with van der Waals surface area (Å²) in [4.78, 5) is 6.85. The molecule has 1 aliphatic carbocycles. The molecule has 6 heteroatoms. The molecule has 0 atom stereocenters. The van der Waals surface area contributed by atoms with Crippen LogP contribution in [-0.4, -0.2) is 34.7 Å². The van der Waals surface area contributed by atoms with E-state index >= 15 is 0 Å². The normalized spacial score (nSPS) is 21.8. The highest BCUT2D eigenvalue weighted by Gasteiger charge is 2.29. The average Bonchev–Trinajstić information content (AvgIpc) is 3.12. The van der Waals surface area contributed by atoms with Gasteiger partial charge in [-0.05, 0) is 51.2 Å². The third kappa shape index (κ3) is 3.22. The quantitative estimate of drug-likeness (QED) is 0.900. The highest BCUT2D eigenvalue weighted by Crippen LogP contribution is 2.38. The molecule has 1 saturated carbocycles. The zero-order chi connectivity index (χ0) is 11.7.